The lowest BCUT2D eigenvalue weighted by Crippen LogP contribution is -1.96. The van der Waals surface area contributed by atoms with Crippen LogP contribution in [-0.2, 0) is 0 Å². The summed E-state index contributed by atoms with van der Waals surface area (Å²) in [5.41, 5.74) is 11.8. The minimum Gasteiger partial charge on any atom is -0.383 e. The quantitative estimate of drug-likeness (QED) is 0.587. The number of benzene rings is 2. The molecular weight excluding hydrogens is 312 g/mol. The maximum Gasteiger partial charge on any atom is 0.205 e. The molecule has 0 spiro atoms. The van der Waals surface area contributed by atoms with Gasteiger partial charge in [0, 0.05) is 11.1 Å². The molecule has 0 aliphatic carbocycles. The number of aromatic amines is 1. The molecule has 0 atom stereocenters. The number of nitrogen functional groups attached to an aromatic ring is 1. The predicted molar refractivity (Wildman–Crippen MR) is 96.4 cm³/mol. The third kappa shape index (κ3) is 2.48. The molecule has 6 heteroatoms. The zero-order valence-corrected chi connectivity index (χ0v) is 13.5. The van der Waals surface area contributed by atoms with Crippen LogP contribution < -0.4 is 5.73 Å². The lowest BCUT2D eigenvalue weighted by Gasteiger charge is -2.10. The van der Waals surface area contributed by atoms with Gasteiger partial charge in [-0.2, -0.15) is 10.4 Å². The van der Waals surface area contributed by atoms with Gasteiger partial charge in [0.1, 0.15) is 11.5 Å². The van der Waals surface area contributed by atoms with Crippen molar-refractivity contribution in [2.75, 3.05) is 5.73 Å². The zero-order valence-electron chi connectivity index (χ0n) is 13.5. The number of nitriles is 1. The molecule has 2 aromatic heterocycles. The Morgan fingerprint density at radius 3 is 2.32 bits per heavy atom. The maximum atomic E-state index is 9.03. The number of hydrogen-bond acceptors (Lipinski definition) is 5. The van der Waals surface area contributed by atoms with Gasteiger partial charge in [-0.3, -0.25) is 5.10 Å². The Balaban J connectivity index is 2.04. The number of nitrogens with two attached hydrogens (primary N) is 1. The first kappa shape index (κ1) is 14.8. The third-order valence-corrected chi connectivity index (χ3v) is 4.13. The van der Waals surface area contributed by atoms with Gasteiger partial charge in [0.25, 0.3) is 0 Å². The summed E-state index contributed by atoms with van der Waals surface area (Å²) in [6, 6.07) is 17.5. The van der Waals surface area contributed by atoms with Crippen LogP contribution in [0.3, 0.4) is 0 Å². The van der Waals surface area contributed by atoms with Gasteiger partial charge in [0.2, 0.25) is 5.65 Å². The molecule has 120 valence electrons. The topological polar surface area (TPSA) is 104 Å². The molecule has 0 saturated heterocycles. The van der Waals surface area contributed by atoms with Crippen molar-refractivity contribution in [2.24, 2.45) is 0 Å². The number of aryl methyl sites for hydroxylation is 1. The molecule has 0 fully saturated rings. The molecule has 3 N–H and O–H groups in total. The van der Waals surface area contributed by atoms with E-state index in [0.717, 1.165) is 27.8 Å². The van der Waals surface area contributed by atoms with Crippen molar-refractivity contribution in [3.63, 3.8) is 0 Å². The average Bonchev–Trinajstić information content (AvgIpc) is 3.03. The molecule has 0 aliphatic rings. The van der Waals surface area contributed by atoms with Crippen molar-refractivity contribution in [1.82, 2.24) is 20.4 Å². The zero-order chi connectivity index (χ0) is 17.4. The minimum absolute atomic E-state index is 0.442. The molecule has 0 bridgehead atoms. The van der Waals surface area contributed by atoms with Crippen LogP contribution in [0.1, 0.15) is 11.1 Å². The summed E-state index contributed by atoms with van der Waals surface area (Å²) in [5.74, 6) is 0.442. The second kappa shape index (κ2) is 5.73. The van der Waals surface area contributed by atoms with Crippen LogP contribution in [-0.4, -0.2) is 20.4 Å². The Morgan fingerprint density at radius 2 is 1.64 bits per heavy atom. The number of hydrogen-bond donors (Lipinski definition) is 2. The molecular formula is C19H14N6. The fraction of sp³-hybridized carbons (Fsp3) is 0.0526. The molecule has 0 unspecified atom stereocenters. The second-order valence-corrected chi connectivity index (χ2v) is 5.81. The molecule has 4 aromatic rings. The third-order valence-electron chi connectivity index (χ3n) is 4.13. The van der Waals surface area contributed by atoms with Gasteiger partial charge in [-0.25, -0.2) is 0 Å². The molecule has 6 nitrogen and oxygen atoms in total. The lowest BCUT2D eigenvalue weighted by molar-refractivity contribution is 1.03. The Kier molecular flexibility index (Phi) is 3.40. The van der Waals surface area contributed by atoms with E-state index in [0.29, 0.717) is 17.0 Å². The number of aromatic nitrogens is 4. The first-order valence-corrected chi connectivity index (χ1v) is 7.75. The van der Waals surface area contributed by atoms with Crippen LogP contribution in [0, 0.1) is 18.3 Å². The van der Waals surface area contributed by atoms with Crippen LogP contribution in [0.2, 0.25) is 0 Å². The van der Waals surface area contributed by atoms with Crippen LogP contribution in [0.5, 0.6) is 0 Å². The van der Waals surface area contributed by atoms with Crippen molar-refractivity contribution >= 4 is 16.9 Å². The first-order chi connectivity index (χ1) is 12.2. The van der Waals surface area contributed by atoms with E-state index < -0.39 is 0 Å². The van der Waals surface area contributed by atoms with E-state index in [1.165, 1.54) is 5.56 Å². The van der Waals surface area contributed by atoms with E-state index in [2.05, 4.69) is 26.5 Å². The van der Waals surface area contributed by atoms with Gasteiger partial charge in [0.05, 0.1) is 17.0 Å². The van der Waals surface area contributed by atoms with Crippen molar-refractivity contribution < 1.29 is 0 Å². The molecule has 0 saturated carbocycles. The Labute approximate surface area is 143 Å². The highest BCUT2D eigenvalue weighted by Crippen LogP contribution is 2.37. The number of fused-ring (bicyclic) bond motifs is 1. The molecule has 0 radical (unpaired) electrons. The normalized spacial score (nSPS) is 10.7. The van der Waals surface area contributed by atoms with Gasteiger partial charge in [-0.05, 0) is 24.6 Å². The largest absolute Gasteiger partial charge is 0.383 e. The molecule has 25 heavy (non-hydrogen) atoms. The van der Waals surface area contributed by atoms with Gasteiger partial charge in [-0.1, -0.05) is 42.0 Å². The summed E-state index contributed by atoms with van der Waals surface area (Å²) in [5, 5.41) is 25.2. The van der Waals surface area contributed by atoms with E-state index >= 15 is 0 Å². The highest BCUT2D eigenvalue weighted by atomic mass is 15.2. The molecule has 2 aromatic carbocycles. The Morgan fingerprint density at radius 1 is 0.960 bits per heavy atom. The highest BCUT2D eigenvalue weighted by molar-refractivity contribution is 6.04. The average molecular weight is 326 g/mol. The summed E-state index contributed by atoms with van der Waals surface area (Å²) in [4.78, 5) is 0. The van der Waals surface area contributed by atoms with Crippen molar-refractivity contribution in [2.45, 2.75) is 6.92 Å². The standard InChI is InChI=1S/C19H14N6/c1-11-2-6-14(7-3-11)17-15(13-8-4-12(10-20)5-9-13)16-18(21)23-25-19(16)24-22-17/h2-9H,1H3,(H3,21,23,24,25). The van der Waals surface area contributed by atoms with Crippen molar-refractivity contribution in [3.05, 3.63) is 59.7 Å². The monoisotopic (exact) mass is 326 g/mol. The Bertz CT molecular complexity index is 1100. The number of nitrogens with zero attached hydrogens (tertiary/aromatic N) is 4. The smallest absolute Gasteiger partial charge is 0.205 e. The van der Waals surface area contributed by atoms with E-state index in [-0.39, 0.29) is 0 Å². The van der Waals surface area contributed by atoms with Crippen LogP contribution in [0.25, 0.3) is 33.4 Å². The lowest BCUT2D eigenvalue weighted by atomic mass is 9.96. The Hall–Kier alpha value is -3.72. The fourth-order valence-electron chi connectivity index (χ4n) is 2.84. The van der Waals surface area contributed by atoms with Gasteiger partial charge >= 0.3 is 0 Å². The van der Waals surface area contributed by atoms with Crippen molar-refractivity contribution in [3.8, 4) is 28.5 Å². The maximum absolute atomic E-state index is 9.03. The predicted octanol–water partition coefficient (Wildman–Crippen LogP) is 3.45. The van der Waals surface area contributed by atoms with Gasteiger partial charge < -0.3 is 5.73 Å². The van der Waals surface area contributed by atoms with Crippen LogP contribution >= 0.6 is 0 Å². The molecule has 0 aliphatic heterocycles. The van der Waals surface area contributed by atoms with E-state index in [1.807, 2.05) is 43.3 Å². The fourth-order valence-corrected chi connectivity index (χ4v) is 2.84. The summed E-state index contributed by atoms with van der Waals surface area (Å²) >= 11 is 0. The van der Waals surface area contributed by atoms with Crippen LogP contribution in [0.15, 0.2) is 48.5 Å². The number of nitrogens with one attached hydrogen (secondary N) is 1. The summed E-state index contributed by atoms with van der Waals surface area (Å²) in [7, 11) is 0. The first-order valence-electron chi connectivity index (χ1n) is 7.75. The molecule has 4 rings (SSSR count). The summed E-state index contributed by atoms with van der Waals surface area (Å²) in [6.07, 6.45) is 0. The van der Waals surface area contributed by atoms with Gasteiger partial charge in [-0.15, -0.1) is 10.2 Å². The number of rotatable bonds is 2. The van der Waals surface area contributed by atoms with E-state index in [9.17, 15) is 0 Å². The molecule has 2 heterocycles. The van der Waals surface area contributed by atoms with E-state index in [4.69, 9.17) is 11.0 Å². The minimum atomic E-state index is 0.442. The second-order valence-electron chi connectivity index (χ2n) is 5.81. The van der Waals surface area contributed by atoms with Gasteiger partial charge in [0.15, 0.2) is 0 Å². The van der Waals surface area contributed by atoms with E-state index in [1.54, 1.807) is 12.1 Å². The molecule has 0 amide bonds. The SMILES string of the molecule is Cc1ccc(-c2nnc3n[nH]c(N)c3c2-c2ccc(C#N)cc2)cc1. The van der Waals surface area contributed by atoms with Crippen LogP contribution in [0.4, 0.5) is 5.82 Å². The number of H-pyrrole nitrogens is 1. The highest BCUT2D eigenvalue weighted by Gasteiger charge is 2.18. The summed E-state index contributed by atoms with van der Waals surface area (Å²) in [6.45, 7) is 2.04. The number of anilines is 1. The van der Waals surface area contributed by atoms with Crippen molar-refractivity contribution in [1.29, 1.82) is 5.26 Å². The summed E-state index contributed by atoms with van der Waals surface area (Å²) < 4.78 is 0.